The zero-order valence-corrected chi connectivity index (χ0v) is 21.9. The van der Waals surface area contributed by atoms with Crippen LogP contribution in [-0.4, -0.2) is 73.9 Å². The second-order valence-electron chi connectivity index (χ2n) is 8.70. The van der Waals surface area contributed by atoms with Crippen LogP contribution in [0.5, 0.6) is 0 Å². The van der Waals surface area contributed by atoms with Crippen LogP contribution in [0.2, 0.25) is 0 Å². The van der Waals surface area contributed by atoms with Crippen LogP contribution < -0.4 is 15.5 Å². The smallest absolute Gasteiger partial charge is 0.330 e. The molecule has 3 amide bonds. The SMILES string of the molecule is CCOC(=O)C=CC(=O)N(O)CCCN(C)Cc1ccc(CNC(=O)Nc2ccc(N(C)C)cc2)cc1. The lowest BCUT2D eigenvalue weighted by Gasteiger charge is -2.19. The topological polar surface area (TPSA) is 114 Å². The van der Waals surface area contributed by atoms with Crippen molar-refractivity contribution in [3.63, 3.8) is 0 Å². The first-order chi connectivity index (χ1) is 17.7. The molecule has 0 radical (unpaired) electrons. The van der Waals surface area contributed by atoms with E-state index < -0.39 is 11.9 Å². The summed E-state index contributed by atoms with van der Waals surface area (Å²) >= 11 is 0. The highest BCUT2D eigenvalue weighted by atomic mass is 16.5. The van der Waals surface area contributed by atoms with E-state index in [9.17, 15) is 19.6 Å². The van der Waals surface area contributed by atoms with E-state index in [0.717, 1.165) is 34.7 Å². The summed E-state index contributed by atoms with van der Waals surface area (Å²) in [6.45, 7) is 3.79. The largest absolute Gasteiger partial charge is 0.463 e. The van der Waals surface area contributed by atoms with Gasteiger partial charge in [0.1, 0.15) is 0 Å². The summed E-state index contributed by atoms with van der Waals surface area (Å²) in [6.07, 6.45) is 2.54. The predicted octanol–water partition coefficient (Wildman–Crippen LogP) is 3.23. The number of carbonyl (C=O) groups is 3. The van der Waals surface area contributed by atoms with Crippen LogP contribution in [-0.2, 0) is 27.4 Å². The van der Waals surface area contributed by atoms with E-state index >= 15 is 0 Å². The predicted molar refractivity (Wildman–Crippen MR) is 143 cm³/mol. The number of carbonyl (C=O) groups excluding carboxylic acids is 3. The Morgan fingerprint density at radius 3 is 2.19 bits per heavy atom. The number of hydrogen-bond acceptors (Lipinski definition) is 7. The van der Waals surface area contributed by atoms with Gasteiger partial charge < -0.3 is 25.2 Å². The first kappa shape index (κ1) is 29.3. The van der Waals surface area contributed by atoms with E-state index in [4.69, 9.17) is 4.74 Å². The van der Waals surface area contributed by atoms with E-state index in [2.05, 4.69) is 15.5 Å². The Morgan fingerprint density at radius 1 is 0.919 bits per heavy atom. The number of urea groups is 1. The van der Waals surface area contributed by atoms with Crippen molar-refractivity contribution in [2.75, 3.05) is 51.1 Å². The zero-order chi connectivity index (χ0) is 27.2. The Labute approximate surface area is 218 Å². The van der Waals surface area contributed by atoms with E-state index in [1.807, 2.05) is 74.6 Å². The normalized spacial score (nSPS) is 10.9. The van der Waals surface area contributed by atoms with Crippen LogP contribution in [0, 0.1) is 0 Å². The van der Waals surface area contributed by atoms with E-state index in [1.54, 1.807) is 6.92 Å². The molecule has 0 aromatic heterocycles. The van der Waals surface area contributed by atoms with Crippen LogP contribution in [0.4, 0.5) is 16.2 Å². The molecule has 0 bridgehead atoms. The van der Waals surface area contributed by atoms with Gasteiger partial charge in [-0.1, -0.05) is 24.3 Å². The van der Waals surface area contributed by atoms with Gasteiger partial charge in [0.2, 0.25) is 0 Å². The van der Waals surface area contributed by atoms with Crippen molar-refractivity contribution in [3.8, 4) is 0 Å². The molecule has 10 heteroatoms. The summed E-state index contributed by atoms with van der Waals surface area (Å²) in [7, 11) is 5.88. The third kappa shape index (κ3) is 11.1. The van der Waals surface area contributed by atoms with Gasteiger partial charge in [-0.25, -0.2) is 14.7 Å². The van der Waals surface area contributed by atoms with Crippen LogP contribution in [0.3, 0.4) is 0 Å². The lowest BCUT2D eigenvalue weighted by Crippen LogP contribution is -2.30. The molecule has 37 heavy (non-hydrogen) atoms. The van der Waals surface area contributed by atoms with Crippen molar-refractivity contribution in [2.45, 2.75) is 26.4 Å². The van der Waals surface area contributed by atoms with Crippen molar-refractivity contribution in [2.24, 2.45) is 0 Å². The minimum Gasteiger partial charge on any atom is -0.463 e. The number of anilines is 2. The van der Waals surface area contributed by atoms with Gasteiger partial charge in [-0.3, -0.25) is 10.0 Å². The minimum absolute atomic E-state index is 0.142. The molecule has 0 aliphatic heterocycles. The average Bonchev–Trinajstić information content (AvgIpc) is 2.87. The summed E-state index contributed by atoms with van der Waals surface area (Å²) in [6, 6.07) is 15.3. The Hall–Kier alpha value is -3.89. The van der Waals surface area contributed by atoms with Gasteiger partial charge in [0.25, 0.3) is 5.91 Å². The fourth-order valence-electron chi connectivity index (χ4n) is 3.37. The molecule has 0 aliphatic rings. The van der Waals surface area contributed by atoms with Crippen molar-refractivity contribution < 1.29 is 24.3 Å². The fourth-order valence-corrected chi connectivity index (χ4v) is 3.37. The lowest BCUT2D eigenvalue weighted by atomic mass is 10.1. The van der Waals surface area contributed by atoms with Gasteiger partial charge in [0.05, 0.1) is 6.61 Å². The Balaban J connectivity index is 1.69. The second kappa shape index (κ2) is 15.3. The summed E-state index contributed by atoms with van der Waals surface area (Å²) in [5, 5.41) is 16.1. The van der Waals surface area contributed by atoms with Gasteiger partial charge in [0.15, 0.2) is 0 Å². The molecule has 0 fully saturated rings. The van der Waals surface area contributed by atoms with Crippen LogP contribution >= 0.6 is 0 Å². The molecular formula is C27H37N5O5. The highest BCUT2D eigenvalue weighted by molar-refractivity contribution is 5.94. The van der Waals surface area contributed by atoms with E-state index in [0.29, 0.717) is 31.1 Å². The van der Waals surface area contributed by atoms with Gasteiger partial charge in [-0.2, -0.15) is 0 Å². The summed E-state index contributed by atoms with van der Waals surface area (Å²) in [4.78, 5) is 39.3. The zero-order valence-electron chi connectivity index (χ0n) is 21.9. The molecule has 0 heterocycles. The Kier molecular flexibility index (Phi) is 12.1. The maximum absolute atomic E-state index is 12.2. The standard InChI is InChI=1S/C27H37N5O5/c1-5-37-26(34)16-15-25(33)32(36)18-6-17-31(4)20-22-9-7-21(8-10-22)19-28-27(35)29-23-11-13-24(14-12-23)30(2)3/h7-16,36H,5-6,17-20H2,1-4H3,(H2,28,29,35). The Morgan fingerprint density at radius 2 is 1.57 bits per heavy atom. The fraction of sp³-hybridized carbons (Fsp3) is 0.370. The molecule has 0 unspecified atom stereocenters. The molecule has 0 saturated heterocycles. The van der Waals surface area contributed by atoms with Crippen molar-refractivity contribution in [1.29, 1.82) is 0 Å². The average molecular weight is 512 g/mol. The molecule has 2 aromatic rings. The summed E-state index contributed by atoms with van der Waals surface area (Å²) < 4.78 is 4.70. The van der Waals surface area contributed by atoms with Gasteiger partial charge in [-0.05, 0) is 62.3 Å². The molecule has 0 aliphatic carbocycles. The number of nitrogens with zero attached hydrogens (tertiary/aromatic N) is 3. The molecule has 0 spiro atoms. The maximum Gasteiger partial charge on any atom is 0.330 e. The number of rotatable bonds is 13. The van der Waals surface area contributed by atoms with E-state index in [-0.39, 0.29) is 19.2 Å². The van der Waals surface area contributed by atoms with Crippen molar-refractivity contribution in [3.05, 3.63) is 71.8 Å². The third-order valence-electron chi connectivity index (χ3n) is 5.38. The monoisotopic (exact) mass is 511 g/mol. The number of ether oxygens (including phenoxy) is 1. The molecule has 2 aromatic carbocycles. The van der Waals surface area contributed by atoms with Crippen molar-refractivity contribution in [1.82, 2.24) is 15.3 Å². The number of benzene rings is 2. The first-order valence-electron chi connectivity index (χ1n) is 12.1. The highest BCUT2D eigenvalue weighted by Crippen LogP contribution is 2.15. The molecule has 0 saturated carbocycles. The third-order valence-corrected chi connectivity index (χ3v) is 5.38. The molecule has 2 rings (SSSR count). The van der Waals surface area contributed by atoms with Crippen LogP contribution in [0.25, 0.3) is 0 Å². The maximum atomic E-state index is 12.2. The lowest BCUT2D eigenvalue weighted by molar-refractivity contribution is -0.159. The molecule has 200 valence electrons. The molecule has 10 nitrogen and oxygen atoms in total. The number of hydroxylamine groups is 2. The molecular weight excluding hydrogens is 474 g/mol. The van der Waals surface area contributed by atoms with E-state index in [1.165, 1.54) is 0 Å². The van der Waals surface area contributed by atoms with Gasteiger partial charge in [-0.15, -0.1) is 0 Å². The molecule has 0 atom stereocenters. The Bertz CT molecular complexity index is 1040. The number of hydrogen-bond donors (Lipinski definition) is 3. The van der Waals surface area contributed by atoms with Gasteiger partial charge in [0, 0.05) is 57.3 Å². The molecule has 3 N–H and O–H groups in total. The number of amides is 3. The number of esters is 1. The van der Waals surface area contributed by atoms with Crippen LogP contribution in [0.1, 0.15) is 24.5 Å². The second-order valence-corrected chi connectivity index (χ2v) is 8.70. The number of nitrogens with one attached hydrogen (secondary N) is 2. The van der Waals surface area contributed by atoms with Gasteiger partial charge >= 0.3 is 12.0 Å². The quantitative estimate of drug-likeness (QED) is 0.164. The highest BCUT2D eigenvalue weighted by Gasteiger charge is 2.09. The van der Waals surface area contributed by atoms with Crippen molar-refractivity contribution >= 4 is 29.3 Å². The summed E-state index contributed by atoms with van der Waals surface area (Å²) in [5.41, 5.74) is 3.87. The first-order valence-corrected chi connectivity index (χ1v) is 12.1. The van der Waals surface area contributed by atoms with Crippen LogP contribution in [0.15, 0.2) is 60.7 Å². The minimum atomic E-state index is -0.671. The summed E-state index contributed by atoms with van der Waals surface area (Å²) in [5.74, 6) is -1.30.